The van der Waals surface area contributed by atoms with E-state index in [1.807, 2.05) is 28.7 Å². The number of aryl methyl sites for hydroxylation is 2. The van der Waals surface area contributed by atoms with Gasteiger partial charge in [-0.2, -0.15) is 0 Å². The third-order valence-corrected chi connectivity index (χ3v) is 7.59. The SMILES string of the molecule is CCOC(=O)CSc1nnc2c3c4c(sc3nc(-c3ccccc3Cl)n12)CCCC4. The third-order valence-electron chi connectivity index (χ3n) is 5.17. The lowest BCUT2D eigenvalue weighted by Crippen LogP contribution is -2.07. The fourth-order valence-electron chi connectivity index (χ4n) is 3.87. The lowest BCUT2D eigenvalue weighted by molar-refractivity contribution is -0.139. The summed E-state index contributed by atoms with van der Waals surface area (Å²) in [7, 11) is 0. The van der Waals surface area contributed by atoms with Crippen molar-refractivity contribution in [1.29, 1.82) is 0 Å². The number of carbonyl (C=O) groups excluding carboxylic acids is 1. The van der Waals surface area contributed by atoms with Crippen molar-refractivity contribution in [3.05, 3.63) is 39.7 Å². The zero-order valence-electron chi connectivity index (χ0n) is 16.4. The first-order chi connectivity index (χ1) is 14.7. The molecule has 3 heterocycles. The van der Waals surface area contributed by atoms with Gasteiger partial charge in [-0.15, -0.1) is 21.5 Å². The van der Waals surface area contributed by atoms with E-state index in [1.165, 1.54) is 35.0 Å². The number of thioether (sulfide) groups is 1. The summed E-state index contributed by atoms with van der Waals surface area (Å²) in [4.78, 5) is 19.3. The molecule has 1 aliphatic rings. The quantitative estimate of drug-likeness (QED) is 0.302. The van der Waals surface area contributed by atoms with Gasteiger partial charge in [0.25, 0.3) is 0 Å². The summed E-state index contributed by atoms with van der Waals surface area (Å²) in [6.07, 6.45) is 4.51. The smallest absolute Gasteiger partial charge is 0.316 e. The number of carbonyl (C=O) groups is 1. The lowest BCUT2D eigenvalue weighted by atomic mass is 9.97. The Morgan fingerprint density at radius 3 is 2.93 bits per heavy atom. The maximum absolute atomic E-state index is 11.9. The average Bonchev–Trinajstić information content (AvgIpc) is 3.33. The molecule has 0 saturated carbocycles. The van der Waals surface area contributed by atoms with Gasteiger partial charge in [-0.1, -0.05) is 35.5 Å². The van der Waals surface area contributed by atoms with Crippen molar-refractivity contribution >= 4 is 56.5 Å². The van der Waals surface area contributed by atoms with Crippen LogP contribution in [0.5, 0.6) is 0 Å². The van der Waals surface area contributed by atoms with Gasteiger partial charge in [0.1, 0.15) is 4.83 Å². The van der Waals surface area contributed by atoms with Crippen molar-refractivity contribution in [2.45, 2.75) is 37.8 Å². The van der Waals surface area contributed by atoms with Crippen LogP contribution in [0.25, 0.3) is 27.3 Å². The number of rotatable bonds is 5. The van der Waals surface area contributed by atoms with E-state index in [2.05, 4.69) is 10.2 Å². The predicted octanol–water partition coefficient (Wildman–Crippen LogP) is 5.19. The summed E-state index contributed by atoms with van der Waals surface area (Å²) < 4.78 is 7.01. The largest absolute Gasteiger partial charge is 0.465 e. The number of hydrogen-bond acceptors (Lipinski definition) is 7. The molecule has 9 heteroatoms. The Labute approximate surface area is 186 Å². The van der Waals surface area contributed by atoms with E-state index in [-0.39, 0.29) is 11.7 Å². The zero-order chi connectivity index (χ0) is 20.7. The Balaban J connectivity index is 1.74. The molecule has 0 radical (unpaired) electrons. The van der Waals surface area contributed by atoms with Crippen LogP contribution in [0.1, 0.15) is 30.2 Å². The van der Waals surface area contributed by atoms with Gasteiger partial charge in [0, 0.05) is 10.4 Å². The molecule has 1 aliphatic carbocycles. The number of fused-ring (bicyclic) bond motifs is 5. The van der Waals surface area contributed by atoms with Crippen LogP contribution in [-0.4, -0.2) is 37.9 Å². The number of thiophene rings is 1. The van der Waals surface area contributed by atoms with Crippen molar-refractivity contribution in [1.82, 2.24) is 19.6 Å². The van der Waals surface area contributed by atoms with E-state index in [4.69, 9.17) is 21.3 Å². The standard InChI is InChI=1S/C21H19ClN4O2S2/c1-2-28-16(27)11-29-21-25-24-19-17-13-8-4-6-10-15(13)30-20(17)23-18(26(19)21)12-7-3-5-9-14(12)22/h3,5,7,9H,2,4,6,8,10-11H2,1H3. The predicted molar refractivity (Wildman–Crippen MR) is 121 cm³/mol. The van der Waals surface area contributed by atoms with Crippen LogP contribution in [0.2, 0.25) is 5.02 Å². The molecule has 0 atom stereocenters. The first kappa shape index (κ1) is 19.8. The highest BCUT2D eigenvalue weighted by atomic mass is 35.5. The van der Waals surface area contributed by atoms with Gasteiger partial charge in [-0.05, 0) is 50.3 Å². The van der Waals surface area contributed by atoms with Gasteiger partial charge in [0.05, 0.1) is 22.8 Å². The van der Waals surface area contributed by atoms with Crippen LogP contribution in [0.15, 0.2) is 29.4 Å². The van der Waals surface area contributed by atoms with Gasteiger partial charge >= 0.3 is 5.97 Å². The lowest BCUT2D eigenvalue weighted by Gasteiger charge is -2.12. The van der Waals surface area contributed by atoms with Gasteiger partial charge in [0.15, 0.2) is 16.6 Å². The molecule has 3 aromatic heterocycles. The summed E-state index contributed by atoms with van der Waals surface area (Å²) in [5, 5.41) is 11.2. The Kier molecular flexibility index (Phi) is 5.39. The minimum Gasteiger partial charge on any atom is -0.465 e. The Hall–Kier alpha value is -2.16. The number of nitrogens with zero attached hydrogens (tertiary/aromatic N) is 4. The van der Waals surface area contributed by atoms with Crippen LogP contribution < -0.4 is 0 Å². The molecular formula is C21H19ClN4O2S2. The monoisotopic (exact) mass is 458 g/mol. The molecule has 30 heavy (non-hydrogen) atoms. The molecule has 0 saturated heterocycles. The van der Waals surface area contributed by atoms with Crippen LogP contribution in [0, 0.1) is 0 Å². The second kappa shape index (κ2) is 8.17. The Morgan fingerprint density at radius 2 is 2.10 bits per heavy atom. The maximum atomic E-state index is 11.9. The number of esters is 1. The minimum absolute atomic E-state index is 0.163. The van der Waals surface area contributed by atoms with E-state index < -0.39 is 0 Å². The summed E-state index contributed by atoms with van der Waals surface area (Å²) >= 11 is 9.58. The molecule has 0 spiro atoms. The highest BCUT2D eigenvalue weighted by Crippen LogP contribution is 2.40. The second-order valence-electron chi connectivity index (χ2n) is 7.04. The number of ether oxygens (including phenoxy) is 1. The summed E-state index contributed by atoms with van der Waals surface area (Å²) in [5.74, 6) is 0.578. The van der Waals surface area contributed by atoms with E-state index in [1.54, 1.807) is 18.3 Å². The summed E-state index contributed by atoms with van der Waals surface area (Å²) in [6.45, 7) is 2.15. The second-order valence-corrected chi connectivity index (χ2v) is 9.47. The summed E-state index contributed by atoms with van der Waals surface area (Å²) in [5.41, 5.74) is 2.94. The number of benzene rings is 1. The molecule has 4 aromatic rings. The molecule has 6 nitrogen and oxygen atoms in total. The average molecular weight is 459 g/mol. The number of aromatic nitrogens is 4. The molecule has 0 N–H and O–H groups in total. The first-order valence-electron chi connectivity index (χ1n) is 9.90. The van der Waals surface area contributed by atoms with Crippen molar-refractivity contribution < 1.29 is 9.53 Å². The van der Waals surface area contributed by atoms with E-state index in [9.17, 15) is 4.79 Å². The maximum Gasteiger partial charge on any atom is 0.316 e. The Morgan fingerprint density at radius 1 is 1.27 bits per heavy atom. The fraction of sp³-hybridized carbons (Fsp3) is 0.333. The zero-order valence-corrected chi connectivity index (χ0v) is 18.7. The molecule has 5 rings (SSSR count). The molecular weight excluding hydrogens is 440 g/mol. The number of halogens is 1. The van der Waals surface area contributed by atoms with Crippen LogP contribution >= 0.6 is 34.7 Å². The van der Waals surface area contributed by atoms with Crippen LogP contribution in [-0.2, 0) is 22.4 Å². The van der Waals surface area contributed by atoms with Crippen molar-refractivity contribution in [3.8, 4) is 11.4 Å². The fourth-order valence-corrected chi connectivity index (χ4v) is 6.08. The Bertz CT molecular complexity index is 1270. The van der Waals surface area contributed by atoms with Gasteiger partial charge in [-0.3, -0.25) is 9.20 Å². The van der Waals surface area contributed by atoms with Crippen LogP contribution in [0.3, 0.4) is 0 Å². The normalized spacial score (nSPS) is 13.7. The molecule has 154 valence electrons. The van der Waals surface area contributed by atoms with Crippen molar-refractivity contribution in [2.75, 3.05) is 12.4 Å². The molecule has 1 aromatic carbocycles. The van der Waals surface area contributed by atoms with E-state index >= 15 is 0 Å². The van der Waals surface area contributed by atoms with E-state index in [0.717, 1.165) is 34.3 Å². The third kappa shape index (κ3) is 3.36. The molecule has 0 amide bonds. The van der Waals surface area contributed by atoms with Gasteiger partial charge in [-0.25, -0.2) is 4.98 Å². The first-order valence-corrected chi connectivity index (χ1v) is 12.1. The van der Waals surface area contributed by atoms with Gasteiger partial charge in [0.2, 0.25) is 0 Å². The topological polar surface area (TPSA) is 69.4 Å². The number of hydrogen-bond donors (Lipinski definition) is 0. The van der Waals surface area contributed by atoms with Crippen LogP contribution in [0.4, 0.5) is 0 Å². The van der Waals surface area contributed by atoms with E-state index in [0.29, 0.717) is 22.6 Å². The highest BCUT2D eigenvalue weighted by molar-refractivity contribution is 7.99. The summed E-state index contributed by atoms with van der Waals surface area (Å²) in [6, 6.07) is 7.63. The molecule has 0 unspecified atom stereocenters. The van der Waals surface area contributed by atoms with Crippen molar-refractivity contribution in [3.63, 3.8) is 0 Å². The van der Waals surface area contributed by atoms with Gasteiger partial charge < -0.3 is 4.74 Å². The molecule has 0 aliphatic heterocycles. The minimum atomic E-state index is -0.277. The molecule has 0 bridgehead atoms. The van der Waals surface area contributed by atoms with Crippen molar-refractivity contribution in [2.24, 2.45) is 0 Å². The molecule has 0 fully saturated rings. The highest BCUT2D eigenvalue weighted by Gasteiger charge is 2.25.